The predicted octanol–water partition coefficient (Wildman–Crippen LogP) is 1.16. The Morgan fingerprint density at radius 1 is 1.38 bits per heavy atom. The van der Waals surface area contributed by atoms with E-state index in [0.717, 1.165) is 13.2 Å². The molecular formula is C9H19N2OSi+. The van der Waals surface area contributed by atoms with Crippen molar-refractivity contribution in [3.8, 4) is 0 Å². The van der Waals surface area contributed by atoms with Crippen LogP contribution >= 0.6 is 0 Å². The third-order valence-corrected chi connectivity index (χ3v) is 2.78. The van der Waals surface area contributed by atoms with Crippen LogP contribution in [0, 0.1) is 0 Å². The molecule has 0 amide bonds. The van der Waals surface area contributed by atoms with E-state index >= 15 is 0 Å². The van der Waals surface area contributed by atoms with Gasteiger partial charge in [-0.3, -0.25) is 0 Å². The molecular weight excluding hydrogens is 180 g/mol. The molecule has 74 valence electrons. The van der Waals surface area contributed by atoms with Crippen LogP contribution < -0.4 is 4.57 Å². The fourth-order valence-corrected chi connectivity index (χ4v) is 1.79. The second-order valence-corrected chi connectivity index (χ2v) is 8.79. The lowest BCUT2D eigenvalue weighted by molar-refractivity contribution is -0.671. The first-order chi connectivity index (χ1) is 5.97. The van der Waals surface area contributed by atoms with Crippen molar-refractivity contribution in [2.75, 3.05) is 6.61 Å². The molecule has 0 saturated heterocycles. The van der Waals surface area contributed by atoms with Gasteiger partial charge in [0.25, 0.3) is 0 Å². The largest absolute Gasteiger partial charge is 0.414 e. The van der Waals surface area contributed by atoms with Gasteiger partial charge in [0, 0.05) is 0 Å². The summed E-state index contributed by atoms with van der Waals surface area (Å²) in [6.45, 7) is 8.41. The zero-order valence-electron chi connectivity index (χ0n) is 8.95. The quantitative estimate of drug-likeness (QED) is 0.526. The van der Waals surface area contributed by atoms with Gasteiger partial charge in [0.15, 0.2) is 8.32 Å². The zero-order chi connectivity index (χ0) is 9.90. The first-order valence-electron chi connectivity index (χ1n) is 4.62. The van der Waals surface area contributed by atoms with Gasteiger partial charge in [-0.1, -0.05) is 0 Å². The third-order valence-electron chi connectivity index (χ3n) is 1.71. The molecule has 0 radical (unpaired) electrons. The molecule has 0 fully saturated rings. The van der Waals surface area contributed by atoms with E-state index in [1.54, 1.807) is 0 Å². The molecule has 0 aliphatic heterocycles. The van der Waals surface area contributed by atoms with Gasteiger partial charge in [0.1, 0.15) is 18.9 Å². The van der Waals surface area contributed by atoms with Crippen molar-refractivity contribution < 1.29 is 8.99 Å². The van der Waals surface area contributed by atoms with Gasteiger partial charge in [-0.15, -0.1) is 0 Å². The van der Waals surface area contributed by atoms with Gasteiger partial charge in [0.2, 0.25) is 6.33 Å². The van der Waals surface area contributed by atoms with E-state index in [1.807, 2.05) is 17.8 Å². The number of hydrogen-bond acceptors (Lipinski definition) is 1. The van der Waals surface area contributed by atoms with E-state index in [4.69, 9.17) is 4.43 Å². The maximum absolute atomic E-state index is 5.75. The van der Waals surface area contributed by atoms with Crippen LogP contribution in [-0.4, -0.2) is 19.5 Å². The Morgan fingerprint density at radius 3 is 2.54 bits per heavy atom. The van der Waals surface area contributed by atoms with Crippen molar-refractivity contribution in [2.24, 2.45) is 7.05 Å². The summed E-state index contributed by atoms with van der Waals surface area (Å²) in [5, 5.41) is 0. The Kier molecular flexibility index (Phi) is 3.27. The topological polar surface area (TPSA) is 18.0 Å². The second-order valence-electron chi connectivity index (χ2n) is 4.28. The van der Waals surface area contributed by atoms with Crippen LogP contribution in [-0.2, 0) is 18.0 Å². The van der Waals surface area contributed by atoms with Crippen molar-refractivity contribution >= 4 is 8.32 Å². The van der Waals surface area contributed by atoms with Gasteiger partial charge >= 0.3 is 0 Å². The fourth-order valence-electron chi connectivity index (χ4n) is 1.09. The van der Waals surface area contributed by atoms with Crippen LogP contribution in [0.15, 0.2) is 18.7 Å². The second kappa shape index (κ2) is 4.06. The van der Waals surface area contributed by atoms with Crippen LogP contribution in [0.2, 0.25) is 19.6 Å². The predicted molar refractivity (Wildman–Crippen MR) is 54.9 cm³/mol. The van der Waals surface area contributed by atoms with Crippen LogP contribution in [0.1, 0.15) is 0 Å². The van der Waals surface area contributed by atoms with E-state index in [1.165, 1.54) is 0 Å². The average molecular weight is 199 g/mol. The highest BCUT2D eigenvalue weighted by Crippen LogP contribution is 2.02. The van der Waals surface area contributed by atoms with Gasteiger partial charge < -0.3 is 4.43 Å². The Labute approximate surface area is 81.1 Å². The summed E-state index contributed by atoms with van der Waals surface area (Å²) in [7, 11) is 0.699. The van der Waals surface area contributed by atoms with E-state index in [2.05, 4.69) is 36.7 Å². The summed E-state index contributed by atoms with van der Waals surface area (Å²) in [5.41, 5.74) is 0. The summed E-state index contributed by atoms with van der Waals surface area (Å²) < 4.78 is 9.93. The molecule has 1 rings (SSSR count). The number of rotatable bonds is 4. The number of hydrogen-bond donors (Lipinski definition) is 0. The first kappa shape index (κ1) is 10.5. The standard InChI is InChI=1S/C9H19N2OSi/c1-10-5-6-11(9-10)7-8-12-13(2,3)4/h5-6,9H,7-8H2,1-4H3/q+1. The average Bonchev–Trinajstić information content (AvgIpc) is 2.33. The molecule has 0 N–H and O–H groups in total. The molecule has 0 aliphatic carbocycles. The zero-order valence-corrected chi connectivity index (χ0v) is 9.95. The maximum atomic E-state index is 5.75. The third kappa shape index (κ3) is 4.24. The van der Waals surface area contributed by atoms with Crippen molar-refractivity contribution in [1.82, 2.24) is 4.57 Å². The Bertz CT molecular complexity index is 265. The molecule has 0 unspecified atom stereocenters. The molecule has 0 saturated carbocycles. The minimum atomic E-state index is -1.32. The minimum absolute atomic E-state index is 0.824. The number of aromatic nitrogens is 2. The molecule has 1 aromatic heterocycles. The lowest BCUT2D eigenvalue weighted by Gasteiger charge is -2.15. The van der Waals surface area contributed by atoms with Gasteiger partial charge in [0.05, 0.1) is 13.7 Å². The fraction of sp³-hybridized carbons (Fsp3) is 0.667. The highest BCUT2D eigenvalue weighted by atomic mass is 28.4. The van der Waals surface area contributed by atoms with Gasteiger partial charge in [-0.25, -0.2) is 9.13 Å². The van der Waals surface area contributed by atoms with Crippen molar-refractivity contribution in [1.29, 1.82) is 0 Å². The highest BCUT2D eigenvalue weighted by molar-refractivity contribution is 6.69. The van der Waals surface area contributed by atoms with E-state index in [9.17, 15) is 0 Å². The van der Waals surface area contributed by atoms with Crippen LogP contribution in [0.5, 0.6) is 0 Å². The molecule has 0 aliphatic rings. The van der Waals surface area contributed by atoms with Crippen LogP contribution in [0.3, 0.4) is 0 Å². The summed E-state index contributed by atoms with van der Waals surface area (Å²) in [6, 6.07) is 0. The molecule has 4 heteroatoms. The SMILES string of the molecule is C[n+]1ccn(CCO[Si](C)(C)C)c1. The molecule has 1 aromatic rings. The van der Waals surface area contributed by atoms with Crippen molar-refractivity contribution in [3.63, 3.8) is 0 Å². The van der Waals surface area contributed by atoms with Gasteiger partial charge in [-0.2, -0.15) is 0 Å². The molecule has 0 spiro atoms. The van der Waals surface area contributed by atoms with Gasteiger partial charge in [-0.05, 0) is 19.6 Å². The lowest BCUT2D eigenvalue weighted by atomic mass is 10.7. The lowest BCUT2D eigenvalue weighted by Crippen LogP contribution is -2.28. The summed E-state index contributed by atoms with van der Waals surface area (Å²) in [4.78, 5) is 0. The van der Waals surface area contributed by atoms with Crippen LogP contribution in [0.4, 0.5) is 0 Å². The molecule has 1 heterocycles. The number of aryl methyl sites for hydroxylation is 1. The van der Waals surface area contributed by atoms with Crippen molar-refractivity contribution in [3.05, 3.63) is 18.7 Å². The number of nitrogens with zero attached hydrogens (tertiary/aromatic N) is 2. The van der Waals surface area contributed by atoms with E-state index in [0.29, 0.717) is 0 Å². The molecule has 0 aromatic carbocycles. The monoisotopic (exact) mass is 199 g/mol. The van der Waals surface area contributed by atoms with Crippen molar-refractivity contribution in [2.45, 2.75) is 26.2 Å². The smallest absolute Gasteiger partial charge is 0.243 e. The first-order valence-corrected chi connectivity index (χ1v) is 8.03. The Balaban J connectivity index is 2.28. The summed E-state index contributed by atoms with van der Waals surface area (Å²) >= 11 is 0. The Hall–Kier alpha value is -0.613. The van der Waals surface area contributed by atoms with E-state index in [-0.39, 0.29) is 0 Å². The normalized spacial score (nSPS) is 12.0. The highest BCUT2D eigenvalue weighted by Gasteiger charge is 2.14. The maximum Gasteiger partial charge on any atom is 0.243 e. The van der Waals surface area contributed by atoms with E-state index < -0.39 is 8.32 Å². The molecule has 0 atom stereocenters. The minimum Gasteiger partial charge on any atom is -0.414 e. The number of imidazole rings is 1. The molecule has 0 bridgehead atoms. The summed E-state index contributed by atoms with van der Waals surface area (Å²) in [6.07, 6.45) is 6.16. The van der Waals surface area contributed by atoms with Crippen LogP contribution in [0.25, 0.3) is 0 Å². The molecule has 13 heavy (non-hydrogen) atoms. The Morgan fingerprint density at radius 2 is 2.08 bits per heavy atom. The molecule has 3 nitrogen and oxygen atoms in total. The summed E-state index contributed by atoms with van der Waals surface area (Å²) in [5.74, 6) is 0.